The first-order valence-electron chi connectivity index (χ1n) is 5.33. The van der Waals surface area contributed by atoms with Crippen molar-refractivity contribution in [2.24, 2.45) is 0 Å². The van der Waals surface area contributed by atoms with Crippen LogP contribution in [0.4, 0.5) is 0 Å². The van der Waals surface area contributed by atoms with Crippen LogP contribution in [0.3, 0.4) is 0 Å². The van der Waals surface area contributed by atoms with E-state index in [1.54, 1.807) is 0 Å². The van der Waals surface area contributed by atoms with Crippen molar-refractivity contribution in [3.8, 4) is 0 Å². The zero-order valence-corrected chi connectivity index (χ0v) is 11.4. The summed E-state index contributed by atoms with van der Waals surface area (Å²) >= 11 is 2.16. The predicted molar refractivity (Wildman–Crippen MR) is 67.4 cm³/mol. The second kappa shape index (κ2) is 8.30. The molecule has 1 atom stereocenters. The summed E-state index contributed by atoms with van der Waals surface area (Å²) in [6.07, 6.45) is 4.16. The molecule has 16 heavy (non-hydrogen) atoms. The average Bonchev–Trinajstić information content (AvgIpc) is 2.12. The van der Waals surface area contributed by atoms with Gasteiger partial charge in [-0.3, -0.25) is 9.11 Å². The number of nitrogens with zero attached hydrogens (tertiary/aromatic N) is 1. The van der Waals surface area contributed by atoms with Crippen molar-refractivity contribution in [1.29, 1.82) is 0 Å². The van der Waals surface area contributed by atoms with Gasteiger partial charge in [-0.1, -0.05) is 6.92 Å². The molecule has 1 rings (SSSR count). The zero-order valence-electron chi connectivity index (χ0n) is 9.79. The first-order chi connectivity index (χ1) is 7.33. The van der Waals surface area contributed by atoms with E-state index in [0.29, 0.717) is 0 Å². The van der Waals surface area contributed by atoms with Crippen molar-refractivity contribution in [2.75, 3.05) is 25.9 Å². The first-order valence-corrected chi connectivity index (χ1v) is 7.77. The molecule has 1 unspecified atom stereocenters. The van der Waals surface area contributed by atoms with Crippen LogP contribution in [0.15, 0.2) is 0 Å². The summed E-state index contributed by atoms with van der Waals surface area (Å²) in [7, 11) is -2.43. The van der Waals surface area contributed by atoms with Crippen molar-refractivity contribution in [3.05, 3.63) is 0 Å². The SMILES string of the molecule is CCCSC1CCCN(C)C1.O=S(=O)(O)O. The Balaban J connectivity index is 0.000000385. The largest absolute Gasteiger partial charge is 0.394 e. The minimum Gasteiger partial charge on any atom is -0.305 e. The molecule has 1 fully saturated rings. The fourth-order valence-corrected chi connectivity index (χ4v) is 2.80. The molecule has 2 N–H and O–H groups in total. The predicted octanol–water partition coefficient (Wildman–Crippen LogP) is 1.57. The first kappa shape index (κ1) is 16.2. The minimum atomic E-state index is -4.67. The van der Waals surface area contributed by atoms with E-state index in [0.717, 1.165) is 5.25 Å². The third-order valence-corrected chi connectivity index (χ3v) is 3.64. The van der Waals surface area contributed by atoms with E-state index in [1.807, 2.05) is 0 Å². The molecule has 0 radical (unpaired) electrons. The molecular weight excluding hydrogens is 250 g/mol. The summed E-state index contributed by atoms with van der Waals surface area (Å²) in [5, 5.41) is 0.925. The van der Waals surface area contributed by atoms with Gasteiger partial charge < -0.3 is 4.90 Å². The monoisotopic (exact) mass is 271 g/mol. The molecule has 0 bridgehead atoms. The topological polar surface area (TPSA) is 77.8 Å². The standard InChI is InChI=1S/C9H19NS.H2O4S/c1-3-7-11-9-5-4-6-10(2)8-9;1-5(2,3)4/h9H,3-8H2,1-2H3;(H2,1,2,3,4). The second-order valence-electron chi connectivity index (χ2n) is 3.85. The van der Waals surface area contributed by atoms with Crippen LogP contribution in [0.1, 0.15) is 26.2 Å². The van der Waals surface area contributed by atoms with Gasteiger partial charge in [-0.05, 0) is 38.6 Å². The molecule has 1 aliphatic rings. The number of piperidine rings is 1. The van der Waals surface area contributed by atoms with E-state index in [1.165, 1.54) is 38.1 Å². The van der Waals surface area contributed by atoms with Crippen molar-refractivity contribution < 1.29 is 17.5 Å². The molecule has 0 aromatic rings. The van der Waals surface area contributed by atoms with Gasteiger partial charge in [0.15, 0.2) is 0 Å². The van der Waals surface area contributed by atoms with Gasteiger partial charge in [0.2, 0.25) is 0 Å². The quantitative estimate of drug-likeness (QED) is 0.759. The Hall–Kier alpha value is 0.180. The third kappa shape index (κ3) is 12.3. The Kier molecular flexibility index (Phi) is 8.39. The van der Waals surface area contributed by atoms with Crippen LogP contribution in [0.25, 0.3) is 0 Å². The molecule has 7 heteroatoms. The van der Waals surface area contributed by atoms with E-state index in [2.05, 4.69) is 30.6 Å². The van der Waals surface area contributed by atoms with Crippen LogP contribution in [0, 0.1) is 0 Å². The lowest BCUT2D eigenvalue weighted by atomic mass is 10.1. The molecule has 1 heterocycles. The van der Waals surface area contributed by atoms with Gasteiger partial charge in [-0.25, -0.2) is 0 Å². The molecule has 0 aromatic carbocycles. The van der Waals surface area contributed by atoms with Crippen LogP contribution >= 0.6 is 11.8 Å². The molecule has 0 amide bonds. The maximum atomic E-state index is 8.74. The third-order valence-electron chi connectivity index (χ3n) is 2.14. The fraction of sp³-hybridized carbons (Fsp3) is 1.00. The van der Waals surface area contributed by atoms with Crippen LogP contribution in [0.2, 0.25) is 0 Å². The summed E-state index contributed by atoms with van der Waals surface area (Å²) in [5.74, 6) is 1.35. The van der Waals surface area contributed by atoms with Crippen LogP contribution in [0.5, 0.6) is 0 Å². The van der Waals surface area contributed by atoms with E-state index in [-0.39, 0.29) is 0 Å². The van der Waals surface area contributed by atoms with Crippen LogP contribution in [-0.2, 0) is 10.4 Å². The maximum absolute atomic E-state index is 8.74. The fourth-order valence-electron chi connectivity index (χ4n) is 1.54. The summed E-state index contributed by atoms with van der Waals surface area (Å²) < 4.78 is 31.6. The molecule has 98 valence electrons. The van der Waals surface area contributed by atoms with Gasteiger partial charge in [0.1, 0.15) is 0 Å². The highest BCUT2D eigenvalue weighted by atomic mass is 32.3. The van der Waals surface area contributed by atoms with Gasteiger partial charge in [-0.2, -0.15) is 20.2 Å². The highest BCUT2D eigenvalue weighted by Crippen LogP contribution is 2.21. The van der Waals surface area contributed by atoms with Crippen molar-refractivity contribution in [3.63, 3.8) is 0 Å². The molecule has 0 spiro atoms. The number of hydrogen-bond acceptors (Lipinski definition) is 4. The Morgan fingerprint density at radius 3 is 2.44 bits per heavy atom. The van der Waals surface area contributed by atoms with Gasteiger partial charge in [0, 0.05) is 11.8 Å². The van der Waals surface area contributed by atoms with Gasteiger partial charge in [-0.15, -0.1) is 0 Å². The Morgan fingerprint density at radius 1 is 1.44 bits per heavy atom. The summed E-state index contributed by atoms with van der Waals surface area (Å²) in [6.45, 7) is 4.88. The van der Waals surface area contributed by atoms with Crippen LogP contribution < -0.4 is 0 Å². The van der Waals surface area contributed by atoms with Gasteiger partial charge in [0.25, 0.3) is 0 Å². The second-order valence-corrected chi connectivity index (χ2v) is 6.15. The lowest BCUT2D eigenvalue weighted by Gasteiger charge is -2.29. The van der Waals surface area contributed by atoms with Gasteiger partial charge in [0.05, 0.1) is 0 Å². The number of rotatable bonds is 3. The van der Waals surface area contributed by atoms with Gasteiger partial charge >= 0.3 is 10.4 Å². The Morgan fingerprint density at radius 2 is 2.00 bits per heavy atom. The van der Waals surface area contributed by atoms with E-state index >= 15 is 0 Å². The van der Waals surface area contributed by atoms with Crippen molar-refractivity contribution >= 4 is 22.2 Å². The highest BCUT2D eigenvalue weighted by Gasteiger charge is 2.16. The molecular formula is C9H21NO4S2. The normalized spacial score (nSPS) is 22.4. The smallest absolute Gasteiger partial charge is 0.305 e. The number of hydrogen-bond donors (Lipinski definition) is 2. The molecule has 0 aliphatic carbocycles. The molecule has 0 aromatic heterocycles. The Labute approximate surface area is 102 Å². The number of thioether (sulfide) groups is 1. The van der Waals surface area contributed by atoms with Crippen molar-refractivity contribution in [1.82, 2.24) is 4.90 Å². The van der Waals surface area contributed by atoms with E-state index < -0.39 is 10.4 Å². The van der Waals surface area contributed by atoms with Crippen LogP contribution in [-0.4, -0.2) is 53.6 Å². The molecule has 1 saturated heterocycles. The maximum Gasteiger partial charge on any atom is 0.394 e. The minimum absolute atomic E-state index is 0.925. The average molecular weight is 271 g/mol. The zero-order chi connectivity index (χ0) is 12.6. The molecule has 0 saturated carbocycles. The van der Waals surface area contributed by atoms with Crippen molar-refractivity contribution in [2.45, 2.75) is 31.4 Å². The van der Waals surface area contributed by atoms with E-state index in [9.17, 15) is 0 Å². The number of likely N-dealkylation sites (tertiary alicyclic amines) is 1. The molecule has 5 nitrogen and oxygen atoms in total. The summed E-state index contributed by atoms with van der Waals surface area (Å²) in [5.41, 5.74) is 0. The molecule has 1 aliphatic heterocycles. The Bertz CT molecular complexity index is 261. The lowest BCUT2D eigenvalue weighted by Crippen LogP contribution is -2.33. The highest BCUT2D eigenvalue weighted by molar-refractivity contribution is 7.99. The van der Waals surface area contributed by atoms with E-state index in [4.69, 9.17) is 17.5 Å². The summed E-state index contributed by atoms with van der Waals surface area (Å²) in [4.78, 5) is 2.46. The summed E-state index contributed by atoms with van der Waals surface area (Å²) in [6, 6.07) is 0. The lowest BCUT2D eigenvalue weighted by molar-refractivity contribution is 0.283.